The van der Waals surface area contributed by atoms with Crippen LogP contribution >= 0.6 is 0 Å². The minimum atomic E-state index is -0.680. The van der Waals surface area contributed by atoms with Crippen LogP contribution in [0.1, 0.15) is 40.7 Å². The van der Waals surface area contributed by atoms with Gasteiger partial charge in [0.1, 0.15) is 42.2 Å². The van der Waals surface area contributed by atoms with Crippen molar-refractivity contribution in [1.82, 2.24) is 20.6 Å². The van der Waals surface area contributed by atoms with Gasteiger partial charge in [0, 0.05) is 58.8 Å². The van der Waals surface area contributed by atoms with Gasteiger partial charge in [-0.15, -0.1) is 0 Å². The van der Waals surface area contributed by atoms with Gasteiger partial charge in [-0.3, -0.25) is 9.97 Å². The molecule has 0 bridgehead atoms. The Bertz CT molecular complexity index is 1740. The second-order valence-corrected chi connectivity index (χ2v) is 10.9. The SMILES string of the molecule is Fc1cc(F)cc(C#Cc2cncc(OCC3CC(Cc4cc(F)cc(C#Cc5cncc(OCC6CCN6)c5)c4)N3)c2)c1. The molecular formula is C35H29F3N4O2. The van der Waals surface area contributed by atoms with Crippen molar-refractivity contribution >= 4 is 0 Å². The van der Waals surface area contributed by atoms with E-state index in [9.17, 15) is 13.2 Å². The Morgan fingerprint density at radius 3 is 1.73 bits per heavy atom. The van der Waals surface area contributed by atoms with Crippen LogP contribution in [0.2, 0.25) is 0 Å². The van der Waals surface area contributed by atoms with Crippen LogP contribution in [0.15, 0.2) is 73.3 Å². The van der Waals surface area contributed by atoms with E-state index in [1.165, 1.54) is 24.3 Å². The first-order valence-electron chi connectivity index (χ1n) is 14.4. The summed E-state index contributed by atoms with van der Waals surface area (Å²) in [6.45, 7) is 2.05. The third kappa shape index (κ3) is 8.17. The molecule has 2 aliphatic heterocycles. The van der Waals surface area contributed by atoms with Crippen LogP contribution in [0.4, 0.5) is 13.2 Å². The Hall–Kier alpha value is -4.83. The van der Waals surface area contributed by atoms with E-state index in [4.69, 9.17) is 9.47 Å². The van der Waals surface area contributed by atoms with Crippen molar-refractivity contribution in [2.45, 2.75) is 37.4 Å². The Kier molecular flexibility index (Phi) is 9.07. The van der Waals surface area contributed by atoms with Crippen molar-refractivity contribution in [2.24, 2.45) is 0 Å². The number of nitrogens with one attached hydrogen (secondary N) is 2. The molecule has 2 aliphatic rings. The van der Waals surface area contributed by atoms with Crippen LogP contribution in [-0.4, -0.2) is 47.9 Å². The minimum Gasteiger partial charge on any atom is -0.490 e. The van der Waals surface area contributed by atoms with Gasteiger partial charge < -0.3 is 20.1 Å². The fraction of sp³-hybridized carbons (Fsp3) is 0.257. The molecule has 0 aliphatic carbocycles. The molecule has 2 N–H and O–H groups in total. The molecule has 2 aromatic carbocycles. The molecule has 44 heavy (non-hydrogen) atoms. The van der Waals surface area contributed by atoms with E-state index in [-0.39, 0.29) is 23.5 Å². The summed E-state index contributed by atoms with van der Waals surface area (Å²) < 4.78 is 52.9. The summed E-state index contributed by atoms with van der Waals surface area (Å²) in [5.74, 6) is 11.2. The molecule has 3 atom stereocenters. The van der Waals surface area contributed by atoms with Gasteiger partial charge in [0.2, 0.25) is 0 Å². The largest absolute Gasteiger partial charge is 0.490 e. The van der Waals surface area contributed by atoms with Gasteiger partial charge in [0.15, 0.2) is 0 Å². The molecular weight excluding hydrogens is 565 g/mol. The number of pyridine rings is 2. The lowest BCUT2D eigenvalue weighted by molar-refractivity contribution is 0.172. The van der Waals surface area contributed by atoms with Gasteiger partial charge >= 0.3 is 0 Å². The molecule has 4 aromatic rings. The molecule has 2 aromatic heterocycles. The van der Waals surface area contributed by atoms with Gasteiger partial charge in [-0.05, 0) is 73.8 Å². The highest BCUT2D eigenvalue weighted by Crippen LogP contribution is 2.21. The summed E-state index contributed by atoms with van der Waals surface area (Å²) in [5, 5.41) is 6.77. The van der Waals surface area contributed by atoms with Crippen molar-refractivity contribution in [2.75, 3.05) is 19.8 Å². The Morgan fingerprint density at radius 1 is 0.636 bits per heavy atom. The van der Waals surface area contributed by atoms with Crippen molar-refractivity contribution in [1.29, 1.82) is 0 Å². The standard InChI is InChI=1S/C35H29F3N4O2/c36-28-8-23(1-3-25-13-34(19-39-17-25)43-21-31-5-6-41-31)7-27(11-28)12-32-16-33(42-32)22-44-35-14-26(18-40-20-35)4-2-24-9-29(37)15-30(38)10-24/h7-11,13-15,17-20,31-33,41-42H,5-6,12,16,21-22H2. The summed E-state index contributed by atoms with van der Waals surface area (Å²) in [6.07, 6.45) is 9.11. The molecule has 0 radical (unpaired) electrons. The van der Waals surface area contributed by atoms with Crippen LogP contribution in [-0.2, 0) is 6.42 Å². The quantitative estimate of drug-likeness (QED) is 0.286. The highest BCUT2D eigenvalue weighted by molar-refractivity contribution is 5.46. The zero-order valence-corrected chi connectivity index (χ0v) is 23.7. The number of halogens is 3. The zero-order valence-electron chi connectivity index (χ0n) is 23.7. The van der Waals surface area contributed by atoms with Crippen molar-refractivity contribution in [3.05, 3.63) is 119 Å². The highest BCUT2D eigenvalue weighted by atomic mass is 19.1. The van der Waals surface area contributed by atoms with Gasteiger partial charge in [-0.1, -0.05) is 23.7 Å². The fourth-order valence-corrected chi connectivity index (χ4v) is 4.97. The summed E-state index contributed by atoms with van der Waals surface area (Å²) in [5.41, 5.74) is 2.97. The predicted molar refractivity (Wildman–Crippen MR) is 160 cm³/mol. The zero-order chi connectivity index (χ0) is 30.3. The lowest BCUT2D eigenvalue weighted by atomic mass is 9.91. The monoisotopic (exact) mass is 594 g/mol. The Labute approximate surface area is 254 Å². The van der Waals surface area contributed by atoms with Crippen LogP contribution in [0.3, 0.4) is 0 Å². The fourth-order valence-electron chi connectivity index (χ4n) is 4.97. The normalized spacial score (nSPS) is 18.5. The molecule has 4 heterocycles. The topological polar surface area (TPSA) is 68.3 Å². The van der Waals surface area contributed by atoms with E-state index in [2.05, 4.69) is 44.3 Å². The molecule has 6 rings (SSSR count). The van der Waals surface area contributed by atoms with E-state index < -0.39 is 11.6 Å². The van der Waals surface area contributed by atoms with E-state index in [1.54, 1.807) is 30.9 Å². The number of aromatic nitrogens is 2. The van der Waals surface area contributed by atoms with E-state index in [0.29, 0.717) is 53.9 Å². The average molecular weight is 595 g/mol. The van der Waals surface area contributed by atoms with Crippen LogP contribution in [0.5, 0.6) is 11.5 Å². The first-order valence-corrected chi connectivity index (χ1v) is 14.4. The molecule has 6 nitrogen and oxygen atoms in total. The van der Waals surface area contributed by atoms with Gasteiger partial charge in [0.05, 0.1) is 12.4 Å². The van der Waals surface area contributed by atoms with Crippen molar-refractivity contribution in [3.8, 4) is 35.2 Å². The van der Waals surface area contributed by atoms with Crippen molar-refractivity contribution in [3.63, 3.8) is 0 Å². The first kappa shape index (κ1) is 29.3. The summed E-state index contributed by atoms with van der Waals surface area (Å²) in [4.78, 5) is 8.35. The average Bonchev–Trinajstić information content (AvgIpc) is 2.95. The highest BCUT2D eigenvalue weighted by Gasteiger charge is 2.28. The molecule has 0 spiro atoms. The number of rotatable bonds is 8. The van der Waals surface area contributed by atoms with E-state index in [0.717, 1.165) is 31.0 Å². The molecule has 0 amide bonds. The maximum absolute atomic E-state index is 14.4. The van der Waals surface area contributed by atoms with Gasteiger partial charge in [-0.25, -0.2) is 13.2 Å². The molecule has 2 saturated heterocycles. The molecule has 222 valence electrons. The molecule has 9 heteroatoms. The van der Waals surface area contributed by atoms with Crippen LogP contribution in [0.25, 0.3) is 0 Å². The first-order chi connectivity index (χ1) is 21.4. The maximum Gasteiger partial charge on any atom is 0.138 e. The predicted octanol–water partition coefficient (Wildman–Crippen LogP) is 4.79. The number of hydrogen-bond donors (Lipinski definition) is 2. The van der Waals surface area contributed by atoms with Gasteiger partial charge in [-0.2, -0.15) is 0 Å². The third-order valence-corrected chi connectivity index (χ3v) is 7.30. The van der Waals surface area contributed by atoms with Crippen molar-refractivity contribution < 1.29 is 22.6 Å². The number of hydrogen-bond acceptors (Lipinski definition) is 6. The second kappa shape index (κ2) is 13.6. The number of nitrogens with zero attached hydrogens (tertiary/aromatic N) is 2. The molecule has 2 fully saturated rings. The smallest absolute Gasteiger partial charge is 0.138 e. The third-order valence-electron chi connectivity index (χ3n) is 7.30. The Morgan fingerprint density at radius 2 is 1.16 bits per heavy atom. The van der Waals surface area contributed by atoms with Crippen LogP contribution < -0.4 is 20.1 Å². The second-order valence-electron chi connectivity index (χ2n) is 10.9. The van der Waals surface area contributed by atoms with Gasteiger partial charge in [0.25, 0.3) is 0 Å². The van der Waals surface area contributed by atoms with E-state index in [1.807, 2.05) is 12.1 Å². The number of ether oxygens (including phenoxy) is 2. The number of benzene rings is 2. The maximum atomic E-state index is 14.4. The van der Waals surface area contributed by atoms with Crippen LogP contribution in [0, 0.1) is 41.1 Å². The summed E-state index contributed by atoms with van der Waals surface area (Å²) in [6, 6.07) is 12.3. The molecule has 3 unspecified atom stereocenters. The summed E-state index contributed by atoms with van der Waals surface area (Å²) >= 11 is 0. The lowest BCUT2D eigenvalue weighted by Crippen LogP contribution is -2.56. The van der Waals surface area contributed by atoms with E-state index >= 15 is 0 Å². The summed E-state index contributed by atoms with van der Waals surface area (Å²) in [7, 11) is 0. The molecule has 0 saturated carbocycles. The lowest BCUT2D eigenvalue weighted by Gasteiger charge is -2.37. The minimum absolute atomic E-state index is 0.139. The Balaban J connectivity index is 0.985.